The third-order valence-corrected chi connectivity index (χ3v) is 4.66. The summed E-state index contributed by atoms with van der Waals surface area (Å²) in [7, 11) is 1.66. The molecule has 0 bridgehead atoms. The molecule has 1 saturated carbocycles. The number of halogens is 1. The summed E-state index contributed by atoms with van der Waals surface area (Å²) in [4.78, 5) is 0. The average molecular weight is 298 g/mol. The van der Waals surface area contributed by atoms with Gasteiger partial charge in [0.05, 0.1) is 7.11 Å². The predicted molar refractivity (Wildman–Crippen MR) is 82.2 cm³/mol. The highest BCUT2D eigenvalue weighted by atomic mass is 35.5. The van der Waals surface area contributed by atoms with Gasteiger partial charge in [-0.25, -0.2) is 0 Å². The highest BCUT2D eigenvalue weighted by molar-refractivity contribution is 6.31. The lowest BCUT2D eigenvalue weighted by atomic mass is 9.79. The van der Waals surface area contributed by atoms with Gasteiger partial charge in [-0.15, -0.1) is 0 Å². The van der Waals surface area contributed by atoms with Crippen LogP contribution in [-0.2, 0) is 6.54 Å². The van der Waals surface area contributed by atoms with Gasteiger partial charge in [0.15, 0.2) is 0 Å². The summed E-state index contributed by atoms with van der Waals surface area (Å²) in [6, 6.07) is 5.71. The van der Waals surface area contributed by atoms with Gasteiger partial charge >= 0.3 is 0 Å². The topological polar surface area (TPSA) is 41.5 Å². The van der Waals surface area contributed by atoms with Gasteiger partial charge in [0, 0.05) is 23.7 Å². The molecule has 0 aromatic heterocycles. The summed E-state index contributed by atoms with van der Waals surface area (Å²) < 4.78 is 5.35. The van der Waals surface area contributed by atoms with Crippen LogP contribution in [0.2, 0.25) is 5.02 Å². The van der Waals surface area contributed by atoms with Crippen molar-refractivity contribution >= 4 is 11.6 Å². The van der Waals surface area contributed by atoms with E-state index in [-0.39, 0.29) is 0 Å². The molecule has 0 heterocycles. The van der Waals surface area contributed by atoms with Gasteiger partial charge in [-0.05, 0) is 43.4 Å². The Morgan fingerprint density at radius 3 is 2.75 bits per heavy atom. The van der Waals surface area contributed by atoms with Crippen LogP contribution in [0.15, 0.2) is 18.2 Å². The van der Waals surface area contributed by atoms with Crippen LogP contribution in [0, 0.1) is 11.8 Å². The predicted octanol–water partition coefficient (Wildman–Crippen LogP) is 3.24. The molecule has 1 fully saturated rings. The zero-order valence-electron chi connectivity index (χ0n) is 12.1. The quantitative estimate of drug-likeness (QED) is 0.847. The van der Waals surface area contributed by atoms with Crippen molar-refractivity contribution in [2.75, 3.05) is 20.3 Å². The van der Waals surface area contributed by atoms with E-state index in [0.29, 0.717) is 25.0 Å². The van der Waals surface area contributed by atoms with Crippen molar-refractivity contribution in [2.45, 2.75) is 32.2 Å². The molecule has 0 amide bonds. The van der Waals surface area contributed by atoms with Crippen LogP contribution in [0.5, 0.6) is 5.75 Å². The molecule has 2 unspecified atom stereocenters. The third-order valence-electron chi connectivity index (χ3n) is 4.31. The Morgan fingerprint density at radius 2 is 2.05 bits per heavy atom. The molecule has 3 nitrogen and oxygen atoms in total. The first-order valence-electron chi connectivity index (χ1n) is 7.39. The van der Waals surface area contributed by atoms with Crippen molar-refractivity contribution in [2.24, 2.45) is 11.8 Å². The first-order chi connectivity index (χ1) is 9.76. The summed E-state index contributed by atoms with van der Waals surface area (Å²) in [6.07, 6.45) is 4.88. The second-order valence-corrected chi connectivity index (χ2v) is 5.95. The van der Waals surface area contributed by atoms with Gasteiger partial charge in [0.1, 0.15) is 5.75 Å². The third kappa shape index (κ3) is 3.87. The van der Waals surface area contributed by atoms with E-state index in [1.165, 1.54) is 19.3 Å². The maximum Gasteiger partial charge on any atom is 0.124 e. The number of aliphatic hydroxyl groups is 1. The van der Waals surface area contributed by atoms with E-state index in [0.717, 1.165) is 29.3 Å². The largest absolute Gasteiger partial charge is 0.496 e. The number of nitrogens with one attached hydrogen (secondary N) is 1. The number of hydrogen-bond acceptors (Lipinski definition) is 3. The number of aliphatic hydroxyl groups excluding tert-OH is 1. The first kappa shape index (κ1) is 15.6. The van der Waals surface area contributed by atoms with Crippen LogP contribution < -0.4 is 10.1 Å². The van der Waals surface area contributed by atoms with Crippen LogP contribution in [0.25, 0.3) is 0 Å². The van der Waals surface area contributed by atoms with Gasteiger partial charge < -0.3 is 15.2 Å². The Morgan fingerprint density at radius 1 is 1.30 bits per heavy atom. The molecular weight excluding hydrogens is 274 g/mol. The van der Waals surface area contributed by atoms with E-state index in [1.54, 1.807) is 7.11 Å². The molecule has 1 aliphatic rings. The van der Waals surface area contributed by atoms with E-state index in [1.807, 2.05) is 18.2 Å². The molecule has 2 atom stereocenters. The summed E-state index contributed by atoms with van der Waals surface area (Å²) in [5.41, 5.74) is 1.01. The monoisotopic (exact) mass is 297 g/mol. The highest BCUT2D eigenvalue weighted by Crippen LogP contribution is 2.30. The Kier molecular flexibility index (Phi) is 6.14. The lowest BCUT2D eigenvalue weighted by molar-refractivity contribution is 0.133. The maximum absolute atomic E-state index is 9.44. The van der Waals surface area contributed by atoms with Crippen molar-refractivity contribution in [1.29, 1.82) is 0 Å². The summed E-state index contributed by atoms with van der Waals surface area (Å²) in [5.74, 6) is 1.85. The van der Waals surface area contributed by atoms with Crippen molar-refractivity contribution in [3.63, 3.8) is 0 Å². The van der Waals surface area contributed by atoms with E-state index in [2.05, 4.69) is 5.32 Å². The molecule has 0 radical (unpaired) electrons. The smallest absolute Gasteiger partial charge is 0.124 e. The lowest BCUT2D eigenvalue weighted by Crippen LogP contribution is -2.32. The molecule has 4 heteroatoms. The Labute approximate surface area is 126 Å². The summed E-state index contributed by atoms with van der Waals surface area (Å²) in [6.45, 7) is 1.94. The van der Waals surface area contributed by atoms with Crippen molar-refractivity contribution in [1.82, 2.24) is 5.32 Å². The van der Waals surface area contributed by atoms with Crippen molar-refractivity contribution in [3.8, 4) is 5.75 Å². The molecule has 2 N–H and O–H groups in total. The van der Waals surface area contributed by atoms with Crippen LogP contribution in [0.4, 0.5) is 0 Å². The van der Waals surface area contributed by atoms with Crippen LogP contribution in [0.3, 0.4) is 0 Å². The normalized spacial score (nSPS) is 22.8. The minimum absolute atomic E-state index is 0.307. The van der Waals surface area contributed by atoms with Crippen LogP contribution >= 0.6 is 11.6 Å². The molecular formula is C16H24ClNO2. The van der Waals surface area contributed by atoms with Gasteiger partial charge in [-0.2, -0.15) is 0 Å². The minimum atomic E-state index is 0.307. The van der Waals surface area contributed by atoms with Gasteiger partial charge in [-0.3, -0.25) is 0 Å². The fourth-order valence-corrected chi connectivity index (χ4v) is 3.31. The van der Waals surface area contributed by atoms with E-state index in [9.17, 15) is 5.11 Å². The Balaban J connectivity index is 1.89. The molecule has 1 aromatic rings. The fourth-order valence-electron chi connectivity index (χ4n) is 3.08. The molecule has 1 aromatic carbocycles. The zero-order valence-corrected chi connectivity index (χ0v) is 12.8. The maximum atomic E-state index is 9.44. The Hall–Kier alpha value is -0.770. The number of benzene rings is 1. The van der Waals surface area contributed by atoms with Gasteiger partial charge in [-0.1, -0.05) is 30.5 Å². The standard InChI is InChI=1S/C16H24ClNO2/c1-20-16-8-4-7-15(17)14(16)10-18-9-12-5-2-3-6-13(12)11-19/h4,7-8,12-13,18-19H,2-3,5-6,9-11H2,1H3. The van der Waals surface area contributed by atoms with Crippen LogP contribution in [-0.4, -0.2) is 25.4 Å². The average Bonchev–Trinajstić information content (AvgIpc) is 2.49. The van der Waals surface area contributed by atoms with Gasteiger partial charge in [0.2, 0.25) is 0 Å². The number of rotatable bonds is 6. The molecule has 0 spiro atoms. The highest BCUT2D eigenvalue weighted by Gasteiger charge is 2.24. The van der Waals surface area contributed by atoms with Crippen molar-refractivity contribution < 1.29 is 9.84 Å². The summed E-state index contributed by atoms with van der Waals surface area (Å²) in [5, 5.41) is 13.6. The molecule has 20 heavy (non-hydrogen) atoms. The molecule has 0 saturated heterocycles. The minimum Gasteiger partial charge on any atom is -0.496 e. The first-order valence-corrected chi connectivity index (χ1v) is 7.77. The number of ether oxygens (including phenoxy) is 1. The second-order valence-electron chi connectivity index (χ2n) is 5.54. The van der Waals surface area contributed by atoms with E-state index < -0.39 is 0 Å². The van der Waals surface area contributed by atoms with Crippen LogP contribution in [0.1, 0.15) is 31.2 Å². The van der Waals surface area contributed by atoms with Gasteiger partial charge in [0.25, 0.3) is 0 Å². The zero-order chi connectivity index (χ0) is 14.4. The molecule has 2 rings (SSSR count). The SMILES string of the molecule is COc1cccc(Cl)c1CNCC1CCCCC1CO. The second kappa shape index (κ2) is 7.87. The van der Waals surface area contributed by atoms with E-state index in [4.69, 9.17) is 16.3 Å². The van der Waals surface area contributed by atoms with E-state index >= 15 is 0 Å². The molecule has 0 aliphatic heterocycles. The summed E-state index contributed by atoms with van der Waals surface area (Å²) >= 11 is 6.23. The molecule has 1 aliphatic carbocycles. The molecule has 112 valence electrons. The number of hydrogen-bond donors (Lipinski definition) is 2. The lowest BCUT2D eigenvalue weighted by Gasteiger charge is -2.30. The Bertz CT molecular complexity index is 425. The fraction of sp³-hybridized carbons (Fsp3) is 0.625. The van der Waals surface area contributed by atoms with Crippen molar-refractivity contribution in [3.05, 3.63) is 28.8 Å². The number of methoxy groups -OCH3 is 1.